The maximum Gasteiger partial charge on any atom is 0.323 e. The van der Waals surface area contributed by atoms with E-state index in [9.17, 15) is 14.7 Å². The number of ether oxygens (including phenoxy) is 2. The van der Waals surface area contributed by atoms with Crippen molar-refractivity contribution in [2.45, 2.75) is 58.3 Å². The second-order valence-electron chi connectivity index (χ2n) is 10.7. The molecule has 0 spiro atoms. The molecule has 1 aliphatic heterocycles. The average Bonchev–Trinajstić information content (AvgIpc) is 2.90. The number of carbonyl (C=O) groups is 2. The number of anilines is 2. The number of nitrogens with one attached hydrogen (secondary N) is 2. The van der Waals surface area contributed by atoms with Crippen molar-refractivity contribution in [1.82, 2.24) is 9.80 Å². The minimum atomic E-state index is -0.420. The highest BCUT2D eigenvalue weighted by atomic mass is 16.5. The van der Waals surface area contributed by atoms with Crippen LogP contribution < -0.4 is 15.4 Å². The fourth-order valence-corrected chi connectivity index (χ4v) is 4.64. The van der Waals surface area contributed by atoms with Crippen molar-refractivity contribution >= 4 is 23.3 Å². The Hall–Kier alpha value is -3.14. The Morgan fingerprint density at radius 1 is 1.10 bits per heavy atom. The number of rotatable bonds is 6. The lowest BCUT2D eigenvalue weighted by molar-refractivity contribution is -0.0137. The van der Waals surface area contributed by atoms with Crippen molar-refractivity contribution in [3.05, 3.63) is 54.1 Å². The summed E-state index contributed by atoms with van der Waals surface area (Å²) in [5.41, 5.74) is 1.47. The molecule has 0 aromatic heterocycles. The van der Waals surface area contributed by atoms with Gasteiger partial charge < -0.3 is 35.0 Å². The third kappa shape index (κ3) is 9.23. The summed E-state index contributed by atoms with van der Waals surface area (Å²) in [6.45, 7) is 7.50. The standard InChI is InChI=1S/C30H44N4O5/c1-21-18-34(22(2)20-35)29(36)26-17-25(32-30(37)31-24-12-7-6-8-13-24)14-15-27(26)39-23(3)11-9-10-16-38-28(21)19-33(4)5/h6-8,12-15,17,21-23,28,35H,9-11,16,18-20H2,1-5H3,(H2,31,32,37)/t21-,22+,23+,28+/m0/s1. The van der Waals surface area contributed by atoms with Gasteiger partial charge in [0.25, 0.3) is 5.91 Å². The fourth-order valence-electron chi connectivity index (χ4n) is 4.64. The Morgan fingerprint density at radius 3 is 2.51 bits per heavy atom. The second kappa shape index (κ2) is 14.9. The predicted octanol–water partition coefficient (Wildman–Crippen LogP) is 4.69. The van der Waals surface area contributed by atoms with E-state index in [2.05, 4.69) is 22.5 Å². The third-order valence-electron chi connectivity index (χ3n) is 6.89. The van der Waals surface area contributed by atoms with Crippen LogP contribution >= 0.6 is 0 Å². The normalized spacial score (nSPS) is 21.9. The molecule has 0 saturated carbocycles. The molecule has 2 aromatic carbocycles. The van der Waals surface area contributed by atoms with Gasteiger partial charge in [-0.05, 0) is 77.5 Å². The number of likely N-dealkylation sites (N-methyl/N-ethyl adjacent to an activating group) is 1. The Kier molecular flexibility index (Phi) is 11.6. The van der Waals surface area contributed by atoms with Gasteiger partial charge in [0, 0.05) is 37.0 Å². The van der Waals surface area contributed by atoms with Gasteiger partial charge in [-0.15, -0.1) is 0 Å². The lowest BCUT2D eigenvalue weighted by Gasteiger charge is -2.35. The van der Waals surface area contributed by atoms with Crippen molar-refractivity contribution < 1.29 is 24.2 Å². The highest BCUT2D eigenvalue weighted by Crippen LogP contribution is 2.28. The van der Waals surface area contributed by atoms with Crippen LogP contribution in [0.1, 0.15) is 50.4 Å². The topological polar surface area (TPSA) is 103 Å². The summed E-state index contributed by atoms with van der Waals surface area (Å²) in [4.78, 5) is 30.5. The number of aliphatic hydroxyl groups excluding tert-OH is 1. The first kappa shape index (κ1) is 30.4. The minimum absolute atomic E-state index is 0.0227. The van der Waals surface area contributed by atoms with Gasteiger partial charge in [-0.1, -0.05) is 25.1 Å². The maximum atomic E-state index is 14.1. The lowest BCUT2D eigenvalue weighted by atomic mass is 10.0. The average molecular weight is 541 g/mol. The molecule has 3 rings (SSSR count). The van der Waals surface area contributed by atoms with E-state index < -0.39 is 12.1 Å². The van der Waals surface area contributed by atoms with Gasteiger partial charge in [-0.2, -0.15) is 0 Å². The SMILES string of the molecule is C[C@@H]1CCCCO[C@H](CN(C)C)[C@@H](C)CN([C@H](C)CO)C(=O)c2cc(NC(=O)Nc3ccccc3)ccc2O1. The molecule has 0 bridgehead atoms. The molecule has 0 saturated heterocycles. The number of aliphatic hydroxyl groups is 1. The number of para-hydroxylation sites is 1. The predicted molar refractivity (Wildman–Crippen MR) is 155 cm³/mol. The van der Waals surface area contributed by atoms with E-state index in [0.717, 1.165) is 25.8 Å². The fraction of sp³-hybridized carbons (Fsp3) is 0.533. The molecular weight excluding hydrogens is 496 g/mol. The Labute approximate surface area is 232 Å². The largest absolute Gasteiger partial charge is 0.490 e. The molecule has 3 N–H and O–H groups in total. The van der Waals surface area contributed by atoms with Gasteiger partial charge in [0.05, 0.1) is 30.4 Å². The number of fused-ring (bicyclic) bond motifs is 1. The van der Waals surface area contributed by atoms with Crippen LogP contribution in [0.4, 0.5) is 16.2 Å². The van der Waals surface area contributed by atoms with Gasteiger partial charge >= 0.3 is 6.03 Å². The van der Waals surface area contributed by atoms with Gasteiger partial charge in [0.15, 0.2) is 0 Å². The lowest BCUT2D eigenvalue weighted by Crippen LogP contribution is -2.47. The summed E-state index contributed by atoms with van der Waals surface area (Å²) in [5.74, 6) is 0.218. The van der Waals surface area contributed by atoms with Crippen LogP contribution in [0.3, 0.4) is 0 Å². The molecule has 0 radical (unpaired) electrons. The summed E-state index contributed by atoms with van der Waals surface area (Å²) < 4.78 is 12.5. The van der Waals surface area contributed by atoms with Crippen LogP contribution in [0.15, 0.2) is 48.5 Å². The Balaban J connectivity index is 1.93. The van der Waals surface area contributed by atoms with E-state index in [0.29, 0.717) is 35.8 Å². The first-order valence-electron chi connectivity index (χ1n) is 13.8. The number of nitrogens with zero attached hydrogens (tertiary/aromatic N) is 2. The van der Waals surface area contributed by atoms with Crippen molar-refractivity contribution in [3.63, 3.8) is 0 Å². The van der Waals surface area contributed by atoms with Gasteiger partial charge in [-0.3, -0.25) is 4.79 Å². The summed E-state index contributed by atoms with van der Waals surface area (Å²) in [6, 6.07) is 13.4. The summed E-state index contributed by atoms with van der Waals surface area (Å²) in [7, 11) is 4.02. The van der Waals surface area contributed by atoms with E-state index in [-0.39, 0.29) is 30.6 Å². The van der Waals surface area contributed by atoms with Crippen LogP contribution in [0.2, 0.25) is 0 Å². The molecule has 3 amide bonds. The first-order valence-corrected chi connectivity index (χ1v) is 13.8. The Bertz CT molecular complexity index is 1060. The zero-order valence-corrected chi connectivity index (χ0v) is 23.9. The van der Waals surface area contributed by atoms with Crippen molar-refractivity contribution in [2.75, 3.05) is 51.0 Å². The molecular formula is C30H44N4O5. The van der Waals surface area contributed by atoms with Crippen LogP contribution in [-0.2, 0) is 4.74 Å². The smallest absolute Gasteiger partial charge is 0.323 e. The highest BCUT2D eigenvalue weighted by molar-refractivity contribution is 6.02. The zero-order chi connectivity index (χ0) is 28.4. The molecule has 4 atom stereocenters. The van der Waals surface area contributed by atoms with Crippen LogP contribution in [-0.4, -0.2) is 85.5 Å². The number of amides is 3. The van der Waals surface area contributed by atoms with Crippen LogP contribution in [0.25, 0.3) is 0 Å². The number of benzene rings is 2. The molecule has 1 heterocycles. The molecule has 0 aliphatic carbocycles. The van der Waals surface area contributed by atoms with Gasteiger partial charge in [0.2, 0.25) is 0 Å². The monoisotopic (exact) mass is 540 g/mol. The van der Waals surface area contributed by atoms with E-state index in [4.69, 9.17) is 9.47 Å². The van der Waals surface area contributed by atoms with Crippen molar-refractivity contribution in [3.8, 4) is 5.75 Å². The zero-order valence-electron chi connectivity index (χ0n) is 23.9. The minimum Gasteiger partial charge on any atom is -0.490 e. The summed E-state index contributed by atoms with van der Waals surface area (Å²) in [5, 5.41) is 15.7. The summed E-state index contributed by atoms with van der Waals surface area (Å²) >= 11 is 0. The molecule has 9 nitrogen and oxygen atoms in total. The quantitative estimate of drug-likeness (QED) is 0.491. The third-order valence-corrected chi connectivity index (χ3v) is 6.89. The molecule has 214 valence electrons. The van der Waals surface area contributed by atoms with E-state index in [1.54, 1.807) is 35.2 Å². The number of hydrogen-bond donors (Lipinski definition) is 3. The Morgan fingerprint density at radius 2 is 1.82 bits per heavy atom. The van der Waals surface area contributed by atoms with Crippen molar-refractivity contribution in [2.24, 2.45) is 5.92 Å². The molecule has 39 heavy (non-hydrogen) atoms. The van der Waals surface area contributed by atoms with Crippen LogP contribution in [0.5, 0.6) is 5.75 Å². The molecule has 2 aromatic rings. The number of hydrogen-bond acceptors (Lipinski definition) is 6. The molecule has 9 heteroatoms. The maximum absolute atomic E-state index is 14.1. The van der Waals surface area contributed by atoms with Crippen LogP contribution in [0, 0.1) is 5.92 Å². The van der Waals surface area contributed by atoms with Gasteiger partial charge in [0.1, 0.15) is 5.75 Å². The van der Waals surface area contributed by atoms with Gasteiger partial charge in [-0.25, -0.2) is 4.79 Å². The van der Waals surface area contributed by atoms with Crippen molar-refractivity contribution in [1.29, 1.82) is 0 Å². The molecule has 0 unspecified atom stereocenters. The molecule has 1 aliphatic rings. The van der Waals surface area contributed by atoms with E-state index in [1.165, 1.54) is 0 Å². The number of carbonyl (C=O) groups excluding carboxylic acids is 2. The second-order valence-corrected chi connectivity index (χ2v) is 10.7. The van der Waals surface area contributed by atoms with E-state index in [1.807, 2.05) is 46.1 Å². The van der Waals surface area contributed by atoms with E-state index >= 15 is 0 Å². The highest BCUT2D eigenvalue weighted by Gasteiger charge is 2.30. The summed E-state index contributed by atoms with van der Waals surface area (Å²) in [6.07, 6.45) is 2.51. The molecule has 0 fully saturated rings. The first-order chi connectivity index (χ1) is 18.7. The number of urea groups is 1.